The second-order valence-corrected chi connectivity index (χ2v) is 5.02. The van der Waals surface area contributed by atoms with Crippen LogP contribution in [0.3, 0.4) is 0 Å². The molecule has 1 amide bonds. The smallest absolute Gasteiger partial charge is 0.273 e. The molecule has 1 saturated heterocycles. The minimum absolute atomic E-state index is 0.123. The Morgan fingerprint density at radius 2 is 2.15 bits per heavy atom. The summed E-state index contributed by atoms with van der Waals surface area (Å²) in [5.41, 5.74) is 0.0911. The molecular formula is C14H16FN3O2. The van der Waals surface area contributed by atoms with Crippen LogP contribution in [0, 0.1) is 5.82 Å². The summed E-state index contributed by atoms with van der Waals surface area (Å²) in [5, 5.41) is 3.24. The quantitative estimate of drug-likeness (QED) is 0.886. The molecule has 0 radical (unpaired) electrons. The van der Waals surface area contributed by atoms with Gasteiger partial charge in [-0.1, -0.05) is 0 Å². The van der Waals surface area contributed by atoms with Gasteiger partial charge in [0.2, 0.25) is 0 Å². The van der Waals surface area contributed by atoms with Crippen LogP contribution in [0.4, 0.5) is 10.1 Å². The number of ether oxygens (including phenoxy) is 1. The molecule has 1 fully saturated rings. The third-order valence-electron chi connectivity index (χ3n) is 3.99. The molecule has 106 valence electrons. The van der Waals surface area contributed by atoms with Crippen molar-refractivity contribution >= 4 is 17.9 Å². The van der Waals surface area contributed by atoms with E-state index in [9.17, 15) is 9.18 Å². The lowest BCUT2D eigenvalue weighted by Gasteiger charge is -2.39. The fourth-order valence-corrected chi connectivity index (χ4v) is 2.85. The average Bonchev–Trinajstić information content (AvgIpc) is 2.78. The molecule has 2 aliphatic rings. The first-order valence-electron chi connectivity index (χ1n) is 6.59. The van der Waals surface area contributed by atoms with Crippen molar-refractivity contribution in [2.24, 2.45) is 4.99 Å². The van der Waals surface area contributed by atoms with Gasteiger partial charge in [-0.25, -0.2) is 9.38 Å². The minimum atomic E-state index is -0.631. The number of halogens is 1. The van der Waals surface area contributed by atoms with Gasteiger partial charge >= 0.3 is 0 Å². The Labute approximate surface area is 116 Å². The third-order valence-corrected chi connectivity index (χ3v) is 3.99. The number of methoxy groups -OCH3 is 1. The van der Waals surface area contributed by atoms with Crippen LogP contribution in [0.1, 0.15) is 12.8 Å². The number of amides is 1. The highest BCUT2D eigenvalue weighted by Crippen LogP contribution is 2.36. The Morgan fingerprint density at radius 1 is 1.40 bits per heavy atom. The second kappa shape index (κ2) is 4.86. The van der Waals surface area contributed by atoms with E-state index in [0.29, 0.717) is 12.8 Å². The second-order valence-electron chi connectivity index (χ2n) is 5.02. The van der Waals surface area contributed by atoms with E-state index in [2.05, 4.69) is 10.3 Å². The molecule has 0 saturated carbocycles. The summed E-state index contributed by atoms with van der Waals surface area (Å²) in [6, 6.07) is 4.59. The summed E-state index contributed by atoms with van der Waals surface area (Å²) < 4.78 is 18.5. The topological polar surface area (TPSA) is 53.9 Å². The van der Waals surface area contributed by atoms with Crippen molar-refractivity contribution in [2.75, 3.05) is 25.1 Å². The monoisotopic (exact) mass is 277 g/mol. The van der Waals surface area contributed by atoms with Gasteiger partial charge in [-0.2, -0.15) is 0 Å². The normalized spacial score (nSPS) is 20.7. The molecule has 20 heavy (non-hydrogen) atoms. The number of hydrogen-bond donors (Lipinski definition) is 1. The van der Waals surface area contributed by atoms with Crippen LogP contribution >= 0.6 is 0 Å². The highest BCUT2D eigenvalue weighted by atomic mass is 19.1. The molecule has 1 N–H and O–H groups in total. The highest BCUT2D eigenvalue weighted by Gasteiger charge is 2.47. The molecular weight excluding hydrogens is 261 g/mol. The first-order valence-corrected chi connectivity index (χ1v) is 6.59. The zero-order valence-corrected chi connectivity index (χ0v) is 11.2. The molecule has 6 heteroatoms. The van der Waals surface area contributed by atoms with Gasteiger partial charge in [-0.05, 0) is 38.1 Å². The van der Waals surface area contributed by atoms with Gasteiger partial charge in [0.1, 0.15) is 5.54 Å². The number of nitrogens with zero attached hydrogens (tertiary/aromatic N) is 2. The van der Waals surface area contributed by atoms with E-state index in [0.717, 1.165) is 18.8 Å². The number of aliphatic imine (C=N–C) groups is 1. The molecule has 0 unspecified atom stereocenters. The molecule has 1 spiro atoms. The Bertz CT molecular complexity index is 568. The van der Waals surface area contributed by atoms with Crippen molar-refractivity contribution in [3.05, 3.63) is 24.0 Å². The molecule has 2 heterocycles. The zero-order chi connectivity index (χ0) is 14.2. The van der Waals surface area contributed by atoms with Gasteiger partial charge < -0.3 is 15.0 Å². The van der Waals surface area contributed by atoms with Crippen LogP contribution in [0.25, 0.3) is 0 Å². The lowest BCUT2D eigenvalue weighted by atomic mass is 9.86. The summed E-state index contributed by atoms with van der Waals surface area (Å²) >= 11 is 0. The summed E-state index contributed by atoms with van der Waals surface area (Å²) in [7, 11) is 1.42. The summed E-state index contributed by atoms with van der Waals surface area (Å²) in [6.07, 6.45) is 2.91. The van der Waals surface area contributed by atoms with Gasteiger partial charge in [0.25, 0.3) is 5.91 Å². The first-order chi connectivity index (χ1) is 9.67. The molecule has 0 atom stereocenters. The molecule has 1 aromatic rings. The van der Waals surface area contributed by atoms with E-state index in [1.165, 1.54) is 13.2 Å². The van der Waals surface area contributed by atoms with Gasteiger partial charge in [-0.15, -0.1) is 0 Å². The first kappa shape index (κ1) is 13.1. The van der Waals surface area contributed by atoms with Crippen molar-refractivity contribution in [3.63, 3.8) is 0 Å². The predicted octanol–water partition coefficient (Wildman–Crippen LogP) is 1.33. The number of anilines is 1. The fourth-order valence-electron chi connectivity index (χ4n) is 2.85. The van der Waals surface area contributed by atoms with Crippen LogP contribution in [0.5, 0.6) is 5.75 Å². The Morgan fingerprint density at radius 3 is 2.85 bits per heavy atom. The van der Waals surface area contributed by atoms with Crippen LogP contribution in [0.2, 0.25) is 0 Å². The lowest BCUT2D eigenvalue weighted by Crippen LogP contribution is -2.55. The largest absolute Gasteiger partial charge is 0.494 e. The fraction of sp³-hybridized carbons (Fsp3) is 0.429. The number of benzene rings is 1. The maximum atomic E-state index is 13.5. The zero-order valence-electron chi connectivity index (χ0n) is 11.2. The lowest BCUT2D eigenvalue weighted by molar-refractivity contribution is -0.122. The minimum Gasteiger partial charge on any atom is -0.494 e. The number of nitrogens with one attached hydrogen (secondary N) is 1. The molecule has 2 aliphatic heterocycles. The third kappa shape index (κ3) is 1.87. The standard InChI is InChI=1S/C14H16FN3O2/c1-20-12-8-10(2-3-11(12)15)18-9-17-13(19)14(18)4-6-16-7-5-14/h2-3,8-9,16H,4-7H2,1H3. The number of rotatable bonds is 2. The molecule has 1 aromatic carbocycles. The molecule has 0 aliphatic carbocycles. The SMILES string of the molecule is COc1cc(N2C=NC(=O)C23CCNCC3)ccc1F. The number of piperidine rings is 1. The highest BCUT2D eigenvalue weighted by molar-refractivity contribution is 6.08. The van der Waals surface area contributed by atoms with E-state index in [1.807, 2.05) is 4.90 Å². The Hall–Kier alpha value is -1.95. The van der Waals surface area contributed by atoms with Crippen molar-refractivity contribution in [3.8, 4) is 5.75 Å². The van der Waals surface area contributed by atoms with Gasteiger partial charge in [0, 0.05) is 11.8 Å². The maximum Gasteiger partial charge on any atom is 0.273 e. The van der Waals surface area contributed by atoms with Crippen molar-refractivity contribution < 1.29 is 13.9 Å². The Kier molecular flexibility index (Phi) is 3.17. The number of hydrogen-bond acceptors (Lipinski definition) is 4. The maximum absolute atomic E-state index is 13.5. The van der Waals surface area contributed by atoms with Crippen LogP contribution < -0.4 is 15.0 Å². The van der Waals surface area contributed by atoms with E-state index < -0.39 is 11.4 Å². The number of carbonyl (C=O) groups is 1. The van der Waals surface area contributed by atoms with Gasteiger partial charge in [-0.3, -0.25) is 4.79 Å². The predicted molar refractivity (Wildman–Crippen MR) is 73.8 cm³/mol. The summed E-state index contributed by atoms with van der Waals surface area (Å²) in [4.78, 5) is 18.0. The van der Waals surface area contributed by atoms with Crippen molar-refractivity contribution in [1.29, 1.82) is 0 Å². The van der Waals surface area contributed by atoms with Gasteiger partial charge in [0.15, 0.2) is 11.6 Å². The Balaban J connectivity index is 2.00. The summed E-state index contributed by atoms with van der Waals surface area (Å²) in [5.74, 6) is -0.375. The van der Waals surface area contributed by atoms with Crippen molar-refractivity contribution in [2.45, 2.75) is 18.4 Å². The van der Waals surface area contributed by atoms with E-state index in [1.54, 1.807) is 18.5 Å². The van der Waals surface area contributed by atoms with Crippen molar-refractivity contribution in [1.82, 2.24) is 5.32 Å². The van der Waals surface area contributed by atoms with Crippen LogP contribution in [0.15, 0.2) is 23.2 Å². The summed E-state index contributed by atoms with van der Waals surface area (Å²) in [6.45, 7) is 1.54. The van der Waals surface area contributed by atoms with Gasteiger partial charge in [0.05, 0.1) is 13.4 Å². The van der Waals surface area contributed by atoms with E-state index >= 15 is 0 Å². The number of carbonyl (C=O) groups excluding carboxylic acids is 1. The van der Waals surface area contributed by atoms with Crippen LogP contribution in [-0.2, 0) is 4.79 Å². The average molecular weight is 277 g/mol. The van der Waals surface area contributed by atoms with Crippen LogP contribution in [-0.4, -0.2) is 38.0 Å². The molecule has 0 bridgehead atoms. The molecule has 0 aromatic heterocycles. The molecule has 5 nitrogen and oxygen atoms in total. The van der Waals surface area contributed by atoms with E-state index in [4.69, 9.17) is 4.74 Å². The van der Waals surface area contributed by atoms with E-state index in [-0.39, 0.29) is 11.7 Å². The molecule has 3 rings (SSSR count).